The van der Waals surface area contributed by atoms with E-state index in [1.165, 1.54) is 4.68 Å². The molecular weight excluding hydrogens is 340 g/mol. The Hall–Kier alpha value is -3.30. The van der Waals surface area contributed by atoms with Crippen molar-refractivity contribution < 1.29 is 9.53 Å². The summed E-state index contributed by atoms with van der Waals surface area (Å²) in [6.45, 7) is 0. The predicted molar refractivity (Wildman–Crippen MR) is 94.1 cm³/mol. The number of ketones is 1. The SMILES string of the molecule is COc1ccc(-n2nc(C(=O)c3ccc(Cl)cc3)c(C#N)c2N)cc1. The van der Waals surface area contributed by atoms with Gasteiger partial charge in [-0.3, -0.25) is 4.79 Å². The number of nitrogen functional groups attached to an aromatic ring is 1. The number of halogens is 1. The Morgan fingerprint density at radius 3 is 2.40 bits per heavy atom. The molecule has 0 unspecified atom stereocenters. The number of hydrogen-bond acceptors (Lipinski definition) is 5. The molecule has 6 nitrogen and oxygen atoms in total. The van der Waals surface area contributed by atoms with Crippen molar-refractivity contribution >= 4 is 23.2 Å². The third kappa shape index (κ3) is 3.05. The van der Waals surface area contributed by atoms with Crippen LogP contribution in [0, 0.1) is 11.3 Å². The van der Waals surface area contributed by atoms with Gasteiger partial charge >= 0.3 is 0 Å². The van der Waals surface area contributed by atoms with Gasteiger partial charge in [0.05, 0.1) is 12.8 Å². The number of nitriles is 1. The van der Waals surface area contributed by atoms with Gasteiger partial charge in [-0.25, -0.2) is 4.68 Å². The van der Waals surface area contributed by atoms with Gasteiger partial charge in [-0.15, -0.1) is 0 Å². The van der Waals surface area contributed by atoms with Gasteiger partial charge in [0.1, 0.15) is 23.2 Å². The van der Waals surface area contributed by atoms with Crippen LogP contribution >= 0.6 is 11.6 Å². The normalized spacial score (nSPS) is 10.3. The van der Waals surface area contributed by atoms with Crippen LogP contribution in [0.25, 0.3) is 5.69 Å². The van der Waals surface area contributed by atoms with Gasteiger partial charge in [-0.1, -0.05) is 11.6 Å². The highest BCUT2D eigenvalue weighted by molar-refractivity contribution is 6.30. The molecule has 124 valence electrons. The van der Waals surface area contributed by atoms with Crippen LogP contribution in [0.1, 0.15) is 21.6 Å². The van der Waals surface area contributed by atoms with Crippen LogP contribution < -0.4 is 10.5 Å². The van der Waals surface area contributed by atoms with E-state index in [1.807, 2.05) is 6.07 Å². The first-order valence-electron chi connectivity index (χ1n) is 7.28. The van der Waals surface area contributed by atoms with Gasteiger partial charge in [-0.05, 0) is 48.5 Å². The lowest BCUT2D eigenvalue weighted by Crippen LogP contribution is -2.05. The van der Waals surface area contributed by atoms with Crippen molar-refractivity contribution in [2.45, 2.75) is 0 Å². The number of hydrogen-bond donors (Lipinski definition) is 1. The zero-order valence-electron chi connectivity index (χ0n) is 13.2. The fourth-order valence-electron chi connectivity index (χ4n) is 2.36. The highest BCUT2D eigenvalue weighted by atomic mass is 35.5. The summed E-state index contributed by atoms with van der Waals surface area (Å²) in [5, 5.41) is 14.2. The van der Waals surface area contributed by atoms with Gasteiger partial charge in [0.2, 0.25) is 5.78 Å². The Kier molecular flexibility index (Phi) is 4.42. The van der Waals surface area contributed by atoms with E-state index >= 15 is 0 Å². The zero-order valence-corrected chi connectivity index (χ0v) is 14.0. The molecule has 0 aliphatic rings. The second-order valence-electron chi connectivity index (χ2n) is 5.17. The number of aromatic nitrogens is 2. The first-order valence-corrected chi connectivity index (χ1v) is 7.66. The molecule has 0 amide bonds. The molecule has 1 aromatic heterocycles. The summed E-state index contributed by atoms with van der Waals surface area (Å²) in [7, 11) is 1.56. The topological polar surface area (TPSA) is 93.9 Å². The number of rotatable bonds is 4. The molecule has 7 heteroatoms. The number of carbonyl (C=O) groups is 1. The maximum atomic E-state index is 12.7. The van der Waals surface area contributed by atoms with Gasteiger partial charge in [-0.2, -0.15) is 10.4 Å². The van der Waals surface area contributed by atoms with Crippen LogP contribution in [-0.2, 0) is 0 Å². The van der Waals surface area contributed by atoms with Gasteiger partial charge in [0, 0.05) is 10.6 Å². The molecule has 0 saturated heterocycles. The smallest absolute Gasteiger partial charge is 0.214 e. The molecule has 0 fully saturated rings. The van der Waals surface area contributed by atoms with Crippen LogP contribution in [0.15, 0.2) is 48.5 Å². The summed E-state index contributed by atoms with van der Waals surface area (Å²) in [6.07, 6.45) is 0. The zero-order chi connectivity index (χ0) is 18.0. The van der Waals surface area contributed by atoms with Crippen LogP contribution in [0.3, 0.4) is 0 Å². The van der Waals surface area contributed by atoms with Crippen molar-refractivity contribution in [2.75, 3.05) is 12.8 Å². The van der Waals surface area contributed by atoms with Crippen molar-refractivity contribution in [1.82, 2.24) is 9.78 Å². The molecule has 0 bridgehead atoms. The highest BCUT2D eigenvalue weighted by Crippen LogP contribution is 2.24. The summed E-state index contributed by atoms with van der Waals surface area (Å²) in [5.41, 5.74) is 7.06. The Balaban J connectivity index is 2.07. The van der Waals surface area contributed by atoms with E-state index in [0.29, 0.717) is 22.0 Å². The summed E-state index contributed by atoms with van der Waals surface area (Å²) in [6, 6.07) is 15.3. The van der Waals surface area contributed by atoms with Gasteiger partial charge in [0.15, 0.2) is 5.69 Å². The Bertz CT molecular complexity index is 970. The maximum absolute atomic E-state index is 12.7. The fourth-order valence-corrected chi connectivity index (χ4v) is 2.48. The second-order valence-corrected chi connectivity index (χ2v) is 5.60. The number of nitrogens with two attached hydrogens (primary N) is 1. The first kappa shape index (κ1) is 16.6. The molecule has 0 spiro atoms. The molecular formula is C18H13ClN4O2. The minimum absolute atomic E-state index is 0.00172. The average Bonchev–Trinajstić information content (AvgIpc) is 2.98. The number of ether oxygens (including phenoxy) is 1. The second kappa shape index (κ2) is 6.67. The van der Waals surface area contributed by atoms with Crippen LogP contribution in [0.4, 0.5) is 5.82 Å². The van der Waals surface area contributed by atoms with E-state index in [9.17, 15) is 10.1 Å². The summed E-state index contributed by atoms with van der Waals surface area (Å²) < 4.78 is 6.48. The number of nitrogens with zero attached hydrogens (tertiary/aromatic N) is 3. The maximum Gasteiger partial charge on any atom is 0.214 e. The van der Waals surface area contributed by atoms with Gasteiger partial charge < -0.3 is 10.5 Å². The van der Waals surface area contributed by atoms with Crippen LogP contribution in [0.2, 0.25) is 5.02 Å². The van der Waals surface area contributed by atoms with E-state index < -0.39 is 5.78 Å². The predicted octanol–water partition coefficient (Wildman–Crippen LogP) is 3.22. The number of anilines is 1. The third-order valence-corrected chi connectivity index (χ3v) is 3.92. The van der Waals surface area contributed by atoms with E-state index in [0.717, 1.165) is 0 Å². The average molecular weight is 353 g/mol. The minimum Gasteiger partial charge on any atom is -0.497 e. The molecule has 2 N–H and O–H groups in total. The molecule has 3 rings (SSSR count). The molecule has 2 aromatic carbocycles. The Morgan fingerprint density at radius 1 is 1.20 bits per heavy atom. The molecule has 0 aliphatic heterocycles. The lowest BCUT2D eigenvalue weighted by molar-refractivity contribution is 0.103. The van der Waals surface area contributed by atoms with E-state index in [4.69, 9.17) is 22.1 Å². The van der Waals surface area contributed by atoms with Crippen LogP contribution in [-0.4, -0.2) is 22.7 Å². The summed E-state index contributed by atoms with van der Waals surface area (Å²) >= 11 is 5.84. The number of carbonyl (C=O) groups excluding carboxylic acids is 1. The molecule has 0 radical (unpaired) electrons. The molecule has 25 heavy (non-hydrogen) atoms. The third-order valence-electron chi connectivity index (χ3n) is 3.67. The molecule has 0 atom stereocenters. The fraction of sp³-hybridized carbons (Fsp3) is 0.0556. The quantitative estimate of drug-likeness (QED) is 0.727. The lowest BCUT2D eigenvalue weighted by Gasteiger charge is -2.05. The Labute approximate surface area is 149 Å². The number of benzene rings is 2. The van der Waals surface area contributed by atoms with Crippen molar-refractivity contribution in [1.29, 1.82) is 5.26 Å². The van der Waals surface area contributed by atoms with Gasteiger partial charge in [0.25, 0.3) is 0 Å². The Morgan fingerprint density at radius 2 is 1.84 bits per heavy atom. The summed E-state index contributed by atoms with van der Waals surface area (Å²) in [5.74, 6) is 0.379. The monoisotopic (exact) mass is 352 g/mol. The first-order chi connectivity index (χ1) is 12.0. The van der Waals surface area contributed by atoms with Crippen LogP contribution in [0.5, 0.6) is 5.75 Å². The lowest BCUT2D eigenvalue weighted by atomic mass is 10.1. The van der Waals surface area contributed by atoms with Crippen molar-refractivity contribution in [3.8, 4) is 17.5 Å². The largest absolute Gasteiger partial charge is 0.497 e. The minimum atomic E-state index is -0.396. The standard InChI is InChI=1S/C18H13ClN4O2/c1-25-14-8-6-13(7-9-14)23-18(21)15(10-20)16(22-23)17(24)11-2-4-12(19)5-3-11/h2-9H,21H2,1H3. The highest BCUT2D eigenvalue weighted by Gasteiger charge is 2.23. The molecule has 1 heterocycles. The molecule has 3 aromatic rings. The van der Waals surface area contributed by atoms with Crippen molar-refractivity contribution in [3.63, 3.8) is 0 Å². The van der Waals surface area contributed by atoms with Crippen molar-refractivity contribution in [2.24, 2.45) is 0 Å². The summed E-state index contributed by atoms with van der Waals surface area (Å²) in [4.78, 5) is 12.7. The molecule has 0 aliphatic carbocycles. The number of methoxy groups -OCH3 is 1. The van der Waals surface area contributed by atoms with E-state index in [2.05, 4.69) is 5.10 Å². The van der Waals surface area contributed by atoms with E-state index in [-0.39, 0.29) is 17.1 Å². The van der Waals surface area contributed by atoms with Crippen molar-refractivity contribution in [3.05, 3.63) is 70.4 Å². The van der Waals surface area contributed by atoms with E-state index in [1.54, 1.807) is 55.6 Å². The molecule has 0 saturated carbocycles.